The normalized spacial score (nSPS) is 11.5. The van der Waals surface area contributed by atoms with Crippen molar-refractivity contribution in [3.63, 3.8) is 0 Å². The Morgan fingerprint density at radius 2 is 1.87 bits per heavy atom. The van der Waals surface area contributed by atoms with Crippen molar-refractivity contribution < 1.29 is 32.0 Å². The van der Waals surface area contributed by atoms with E-state index in [1.54, 1.807) is 6.07 Å². The molecule has 1 atom stereocenters. The van der Waals surface area contributed by atoms with Crippen molar-refractivity contribution in [2.24, 2.45) is 0 Å². The maximum absolute atomic E-state index is 13.7. The van der Waals surface area contributed by atoms with Gasteiger partial charge in [-0.1, -0.05) is 66.6 Å². The van der Waals surface area contributed by atoms with Crippen LogP contribution in [0.1, 0.15) is 19.4 Å². The van der Waals surface area contributed by atoms with Crippen LogP contribution in [0.15, 0.2) is 59.1 Å². The number of nitrogens with zero attached hydrogens (tertiary/aromatic N) is 2. The van der Waals surface area contributed by atoms with E-state index in [9.17, 15) is 22.8 Å². The van der Waals surface area contributed by atoms with Gasteiger partial charge in [0.25, 0.3) is 6.43 Å². The Hall–Kier alpha value is -3.57. The molecule has 0 spiro atoms. The molecule has 206 valence electrons. The average molecular weight is 555 g/mol. The van der Waals surface area contributed by atoms with Gasteiger partial charge in [-0.25, -0.2) is 18.0 Å². The monoisotopic (exact) mass is 554 g/mol. The molecule has 1 aromatic heterocycles. The van der Waals surface area contributed by atoms with Crippen LogP contribution in [0.4, 0.5) is 23.8 Å². The second-order valence-electron chi connectivity index (χ2n) is 8.09. The van der Waals surface area contributed by atoms with E-state index in [0.29, 0.717) is 11.3 Å². The van der Waals surface area contributed by atoms with E-state index in [-0.39, 0.29) is 50.2 Å². The van der Waals surface area contributed by atoms with Crippen LogP contribution in [-0.2, 0) is 16.0 Å². The van der Waals surface area contributed by atoms with Crippen molar-refractivity contribution in [2.75, 3.05) is 32.1 Å². The molecule has 3 aromatic rings. The van der Waals surface area contributed by atoms with Gasteiger partial charge in [-0.3, -0.25) is 10.1 Å². The molecule has 0 aliphatic heterocycles. The molecule has 8 nitrogen and oxygen atoms in total. The number of aromatic nitrogens is 1. The number of carbonyl (C=O) groups excluding carboxylic acids is 2. The number of ether oxygens (including phenoxy) is 1. The number of rotatable bonds is 12. The quantitative estimate of drug-likeness (QED) is 0.301. The summed E-state index contributed by atoms with van der Waals surface area (Å²) in [6.45, 7) is -0.929. The van der Waals surface area contributed by atoms with E-state index in [4.69, 9.17) is 20.9 Å². The summed E-state index contributed by atoms with van der Waals surface area (Å²) < 4.78 is 49.3. The SMILES string of the molecule is C.CN(C(=O)CCc1cccc(F)c1Cl)[C@@H](CNCC(F)F)COC(=O)Nc1cc(-c2ccccc2)on1. The van der Waals surface area contributed by atoms with Gasteiger partial charge in [0.05, 0.1) is 17.6 Å². The number of halogens is 4. The first-order chi connectivity index (χ1) is 17.7. The van der Waals surface area contributed by atoms with Crippen LogP contribution in [-0.4, -0.2) is 61.3 Å². The third-order valence-corrected chi connectivity index (χ3v) is 5.89. The lowest BCUT2D eigenvalue weighted by molar-refractivity contribution is -0.132. The van der Waals surface area contributed by atoms with E-state index in [0.717, 1.165) is 5.56 Å². The molecule has 2 aromatic carbocycles. The van der Waals surface area contributed by atoms with Crippen molar-refractivity contribution in [3.8, 4) is 11.3 Å². The highest BCUT2D eigenvalue weighted by Gasteiger charge is 2.23. The van der Waals surface area contributed by atoms with Crippen LogP contribution in [0.3, 0.4) is 0 Å². The van der Waals surface area contributed by atoms with Crippen LogP contribution in [0.2, 0.25) is 5.02 Å². The third kappa shape index (κ3) is 9.07. The number of carbonyl (C=O) groups is 2. The Bertz CT molecular complexity index is 1180. The van der Waals surface area contributed by atoms with Gasteiger partial charge in [0.1, 0.15) is 12.4 Å². The minimum absolute atomic E-state index is 0. The van der Waals surface area contributed by atoms with Crippen molar-refractivity contribution in [3.05, 3.63) is 71.0 Å². The number of likely N-dealkylation sites (N-methyl/N-ethyl adjacent to an activating group) is 1. The smallest absolute Gasteiger partial charge is 0.412 e. The fourth-order valence-corrected chi connectivity index (χ4v) is 3.64. The molecular formula is C26H30ClF3N4O4. The second-order valence-corrected chi connectivity index (χ2v) is 8.46. The Morgan fingerprint density at radius 3 is 2.58 bits per heavy atom. The lowest BCUT2D eigenvalue weighted by Gasteiger charge is -2.28. The van der Waals surface area contributed by atoms with E-state index in [1.165, 1.54) is 30.1 Å². The predicted molar refractivity (Wildman–Crippen MR) is 139 cm³/mol. The van der Waals surface area contributed by atoms with E-state index >= 15 is 0 Å². The maximum atomic E-state index is 13.7. The minimum Gasteiger partial charge on any atom is -0.447 e. The molecule has 0 fully saturated rings. The second kappa shape index (κ2) is 15.0. The van der Waals surface area contributed by atoms with Crippen LogP contribution < -0.4 is 10.6 Å². The van der Waals surface area contributed by atoms with Gasteiger partial charge >= 0.3 is 6.09 Å². The molecule has 0 aliphatic rings. The molecule has 0 aliphatic carbocycles. The predicted octanol–water partition coefficient (Wildman–Crippen LogP) is 5.63. The number of hydrogen-bond acceptors (Lipinski definition) is 6. The molecule has 12 heteroatoms. The van der Waals surface area contributed by atoms with Gasteiger partial charge in [-0.2, -0.15) is 0 Å². The third-order valence-electron chi connectivity index (χ3n) is 5.46. The van der Waals surface area contributed by atoms with Crippen molar-refractivity contribution in [2.45, 2.75) is 32.7 Å². The molecule has 1 heterocycles. The van der Waals surface area contributed by atoms with Gasteiger partial charge in [0.15, 0.2) is 11.6 Å². The maximum Gasteiger partial charge on any atom is 0.412 e. The first-order valence-electron chi connectivity index (χ1n) is 11.4. The van der Waals surface area contributed by atoms with Gasteiger partial charge in [0, 0.05) is 31.6 Å². The summed E-state index contributed by atoms with van der Waals surface area (Å²) in [6.07, 6.45) is -3.29. The highest BCUT2D eigenvalue weighted by molar-refractivity contribution is 6.31. The van der Waals surface area contributed by atoms with Crippen LogP contribution in [0.25, 0.3) is 11.3 Å². The summed E-state index contributed by atoms with van der Waals surface area (Å²) in [6, 6.07) is 14.2. The summed E-state index contributed by atoms with van der Waals surface area (Å²) >= 11 is 5.95. The molecule has 2 amide bonds. The Labute approximate surface area is 224 Å². The van der Waals surface area contributed by atoms with Crippen molar-refractivity contribution in [1.29, 1.82) is 0 Å². The fraction of sp³-hybridized carbons (Fsp3) is 0.346. The molecule has 2 N–H and O–H groups in total. The molecule has 38 heavy (non-hydrogen) atoms. The fourth-order valence-electron chi connectivity index (χ4n) is 3.41. The standard InChI is InChI=1S/C25H26ClF3N4O4.CH4/c1-33(23(34)11-10-17-8-5-9-19(27)24(17)26)18(13-30-14-21(28)29)15-36-25(35)31-22-12-20(37-32-22)16-6-3-2-4-7-16;/h2-9,12,18,21,30H,10-11,13-15H2,1H3,(H,31,32,35);1H4/t18-;/m0./s1. The largest absolute Gasteiger partial charge is 0.447 e. The number of hydrogen-bond donors (Lipinski definition) is 2. The molecule has 0 unspecified atom stereocenters. The number of amides is 2. The van der Waals surface area contributed by atoms with Crippen LogP contribution >= 0.6 is 11.6 Å². The minimum atomic E-state index is -2.59. The van der Waals surface area contributed by atoms with Crippen LogP contribution in [0, 0.1) is 5.82 Å². The summed E-state index contributed by atoms with van der Waals surface area (Å²) in [5.74, 6) is -0.394. The molecule has 0 saturated carbocycles. The highest BCUT2D eigenvalue weighted by Crippen LogP contribution is 2.23. The first-order valence-corrected chi connectivity index (χ1v) is 11.8. The Balaban J connectivity index is 0.00000507. The summed E-state index contributed by atoms with van der Waals surface area (Å²) in [7, 11) is 1.47. The van der Waals surface area contributed by atoms with Gasteiger partial charge in [-0.05, 0) is 18.1 Å². The van der Waals surface area contributed by atoms with Crippen LogP contribution in [0.5, 0.6) is 0 Å². The molecule has 0 saturated heterocycles. The van der Waals surface area contributed by atoms with E-state index < -0.39 is 30.9 Å². The topological polar surface area (TPSA) is 96.7 Å². The number of benzene rings is 2. The highest BCUT2D eigenvalue weighted by atomic mass is 35.5. The number of alkyl halides is 2. The van der Waals surface area contributed by atoms with E-state index in [1.807, 2.05) is 30.3 Å². The Kier molecular flexibility index (Phi) is 12.1. The zero-order chi connectivity index (χ0) is 26.8. The van der Waals surface area contributed by atoms with E-state index in [2.05, 4.69) is 15.8 Å². The van der Waals surface area contributed by atoms with Gasteiger partial charge in [-0.15, -0.1) is 0 Å². The number of aryl methyl sites for hydroxylation is 1. The van der Waals surface area contributed by atoms with Crippen molar-refractivity contribution in [1.82, 2.24) is 15.4 Å². The lowest BCUT2D eigenvalue weighted by Crippen LogP contribution is -2.47. The first kappa shape index (κ1) is 30.7. The lowest BCUT2D eigenvalue weighted by atomic mass is 10.1. The molecule has 0 bridgehead atoms. The van der Waals surface area contributed by atoms with Crippen molar-refractivity contribution >= 4 is 29.4 Å². The zero-order valence-corrected chi connectivity index (χ0v) is 20.7. The summed E-state index contributed by atoms with van der Waals surface area (Å²) in [5, 5.41) is 8.70. The summed E-state index contributed by atoms with van der Waals surface area (Å²) in [5.41, 5.74) is 1.23. The molecule has 3 rings (SSSR count). The van der Waals surface area contributed by atoms with Gasteiger partial charge in [0.2, 0.25) is 5.91 Å². The molecular weight excluding hydrogens is 525 g/mol. The summed E-state index contributed by atoms with van der Waals surface area (Å²) in [4.78, 5) is 26.4. The average Bonchev–Trinajstić information content (AvgIpc) is 3.35. The van der Waals surface area contributed by atoms with Gasteiger partial charge < -0.3 is 19.5 Å². The number of nitrogens with one attached hydrogen (secondary N) is 2. The molecule has 0 radical (unpaired) electrons. The number of anilines is 1. The zero-order valence-electron chi connectivity index (χ0n) is 19.9. The Morgan fingerprint density at radius 1 is 1.13 bits per heavy atom.